The van der Waals surface area contributed by atoms with Crippen molar-refractivity contribution in [1.29, 1.82) is 0 Å². The van der Waals surface area contributed by atoms with E-state index in [4.69, 9.17) is 11.6 Å². The normalized spacial score (nSPS) is 12.0. The fourth-order valence-electron chi connectivity index (χ4n) is 2.06. The molecule has 0 aliphatic rings. The van der Waals surface area contributed by atoms with Gasteiger partial charge in [0.1, 0.15) is 11.6 Å². The number of benzene rings is 2. The Labute approximate surface area is 132 Å². The number of carbonyl (C=O) groups is 1. The molecule has 2 aromatic rings. The maximum atomic E-state index is 13.5. The van der Waals surface area contributed by atoms with Gasteiger partial charge in [-0.1, -0.05) is 29.8 Å². The number of hydrogen-bond acceptors (Lipinski definition) is 3. The third-order valence-electron chi connectivity index (χ3n) is 3.14. The number of phenolic OH excluding ortho intramolecular Hbond substituents is 1. The molecule has 2 rings (SSSR count). The van der Waals surface area contributed by atoms with Gasteiger partial charge in [0.15, 0.2) is 0 Å². The average molecular weight is 324 g/mol. The van der Waals surface area contributed by atoms with E-state index in [9.17, 15) is 19.4 Å². The van der Waals surface area contributed by atoms with Gasteiger partial charge in [0.05, 0.1) is 24.1 Å². The summed E-state index contributed by atoms with van der Waals surface area (Å²) in [5.41, 5.74) is 1.06. The quantitative estimate of drug-likeness (QED) is 0.792. The summed E-state index contributed by atoms with van der Waals surface area (Å²) in [5.74, 6) is -0.886. The minimum absolute atomic E-state index is 0.0217. The summed E-state index contributed by atoms with van der Waals surface area (Å²) in [6.07, 6.45) is 0.0426. The molecule has 0 aliphatic carbocycles. The van der Waals surface area contributed by atoms with Crippen LogP contribution in [0.5, 0.6) is 5.75 Å². The smallest absolute Gasteiger partial charge is 0.224 e. The second-order valence-electron chi connectivity index (χ2n) is 4.82. The maximum absolute atomic E-state index is 13.5. The molecule has 0 heterocycles. The highest BCUT2D eigenvalue weighted by Crippen LogP contribution is 2.20. The predicted octanol–water partition coefficient (Wildman–Crippen LogP) is 2.58. The molecule has 2 aromatic carbocycles. The minimum atomic E-state index is -0.725. The maximum Gasteiger partial charge on any atom is 0.224 e. The molecule has 0 aromatic heterocycles. The lowest BCUT2D eigenvalue weighted by atomic mass is 10.1. The van der Waals surface area contributed by atoms with Crippen molar-refractivity contribution in [1.82, 2.24) is 5.32 Å². The number of nitrogens with one attached hydrogen (secondary N) is 1. The van der Waals surface area contributed by atoms with Crippen molar-refractivity contribution in [3.05, 3.63) is 64.4 Å². The van der Waals surface area contributed by atoms with Gasteiger partial charge in [-0.15, -0.1) is 0 Å². The van der Waals surface area contributed by atoms with E-state index in [1.54, 1.807) is 18.2 Å². The molecular weight excluding hydrogens is 309 g/mol. The van der Waals surface area contributed by atoms with Crippen molar-refractivity contribution < 1.29 is 19.4 Å². The number of halogens is 2. The first-order valence-electron chi connectivity index (χ1n) is 6.62. The molecule has 1 atom stereocenters. The van der Waals surface area contributed by atoms with Crippen LogP contribution in [0.25, 0.3) is 0 Å². The summed E-state index contributed by atoms with van der Waals surface area (Å²) in [6.45, 7) is -0.368. The molecule has 4 nitrogen and oxygen atoms in total. The highest BCUT2D eigenvalue weighted by atomic mass is 35.5. The van der Waals surface area contributed by atoms with Crippen molar-refractivity contribution in [3.8, 4) is 5.75 Å². The van der Waals surface area contributed by atoms with Crippen molar-refractivity contribution in [2.75, 3.05) is 6.61 Å². The number of phenols is 1. The molecule has 0 aliphatic heterocycles. The van der Waals surface area contributed by atoms with E-state index >= 15 is 0 Å². The van der Waals surface area contributed by atoms with Crippen LogP contribution in [0.3, 0.4) is 0 Å². The number of amides is 1. The lowest BCUT2D eigenvalue weighted by molar-refractivity contribution is -0.121. The molecule has 22 heavy (non-hydrogen) atoms. The van der Waals surface area contributed by atoms with Gasteiger partial charge in [-0.05, 0) is 35.4 Å². The Kier molecular flexibility index (Phi) is 5.35. The summed E-state index contributed by atoms with van der Waals surface area (Å²) in [4.78, 5) is 12.0. The topological polar surface area (TPSA) is 69.6 Å². The van der Waals surface area contributed by atoms with E-state index in [1.807, 2.05) is 0 Å². The molecule has 0 radical (unpaired) electrons. The van der Waals surface area contributed by atoms with Crippen molar-refractivity contribution >= 4 is 17.5 Å². The fraction of sp³-hybridized carbons (Fsp3) is 0.188. The molecular formula is C16H15ClFNO3. The van der Waals surface area contributed by atoms with Gasteiger partial charge in [-0.2, -0.15) is 0 Å². The molecule has 0 saturated carbocycles. The van der Waals surface area contributed by atoms with Gasteiger partial charge in [-0.25, -0.2) is 4.39 Å². The van der Waals surface area contributed by atoms with Gasteiger partial charge in [-0.3, -0.25) is 4.79 Å². The summed E-state index contributed by atoms with van der Waals surface area (Å²) in [6, 6.07) is 9.70. The van der Waals surface area contributed by atoms with Crippen LogP contribution < -0.4 is 5.32 Å². The van der Waals surface area contributed by atoms with E-state index in [1.165, 1.54) is 24.3 Å². The van der Waals surface area contributed by atoms with Gasteiger partial charge < -0.3 is 15.5 Å². The number of aliphatic hydroxyl groups is 1. The third-order valence-corrected chi connectivity index (χ3v) is 3.45. The molecule has 6 heteroatoms. The largest absolute Gasteiger partial charge is 0.508 e. The Hall–Kier alpha value is -2.11. The van der Waals surface area contributed by atoms with Gasteiger partial charge in [0, 0.05) is 0 Å². The number of aromatic hydroxyl groups is 1. The van der Waals surface area contributed by atoms with E-state index in [2.05, 4.69) is 5.32 Å². The molecule has 0 fully saturated rings. The van der Waals surface area contributed by atoms with Crippen LogP contribution in [-0.2, 0) is 11.2 Å². The minimum Gasteiger partial charge on any atom is -0.508 e. The summed E-state index contributed by atoms with van der Waals surface area (Å²) < 4.78 is 13.5. The first-order valence-corrected chi connectivity index (χ1v) is 7.00. The van der Waals surface area contributed by atoms with Crippen molar-refractivity contribution in [3.63, 3.8) is 0 Å². The zero-order chi connectivity index (χ0) is 16.1. The van der Waals surface area contributed by atoms with Crippen molar-refractivity contribution in [2.24, 2.45) is 0 Å². The number of hydrogen-bond donors (Lipinski definition) is 3. The van der Waals surface area contributed by atoms with Crippen LogP contribution in [0.1, 0.15) is 17.2 Å². The number of carbonyl (C=O) groups excluding carboxylic acids is 1. The Morgan fingerprint density at radius 3 is 2.68 bits per heavy atom. The summed E-state index contributed by atoms with van der Waals surface area (Å²) >= 11 is 5.61. The predicted molar refractivity (Wildman–Crippen MR) is 81.2 cm³/mol. The van der Waals surface area contributed by atoms with E-state index in [-0.39, 0.29) is 29.7 Å². The zero-order valence-corrected chi connectivity index (χ0v) is 12.3. The first-order chi connectivity index (χ1) is 10.5. The molecule has 116 valence electrons. The highest BCUT2D eigenvalue weighted by molar-refractivity contribution is 6.30. The van der Waals surface area contributed by atoms with Crippen LogP contribution in [-0.4, -0.2) is 22.7 Å². The van der Waals surface area contributed by atoms with Gasteiger partial charge in [0.25, 0.3) is 0 Å². The highest BCUT2D eigenvalue weighted by Gasteiger charge is 2.15. The molecule has 1 amide bonds. The van der Waals surface area contributed by atoms with E-state index in [0.29, 0.717) is 11.1 Å². The van der Waals surface area contributed by atoms with Crippen LogP contribution in [0.15, 0.2) is 42.5 Å². The van der Waals surface area contributed by atoms with Crippen LogP contribution in [0, 0.1) is 5.82 Å². The Morgan fingerprint density at radius 2 is 2.05 bits per heavy atom. The lowest BCUT2D eigenvalue weighted by Gasteiger charge is -2.17. The molecule has 0 spiro atoms. The summed E-state index contributed by atoms with van der Waals surface area (Å²) in [7, 11) is 0. The Bertz CT molecular complexity index is 678. The van der Waals surface area contributed by atoms with Crippen molar-refractivity contribution in [2.45, 2.75) is 12.5 Å². The molecule has 0 bridgehead atoms. The molecule has 1 unspecified atom stereocenters. The lowest BCUT2D eigenvalue weighted by Crippen LogP contribution is -2.32. The molecule has 3 N–H and O–H groups in total. The second-order valence-corrected chi connectivity index (χ2v) is 5.23. The zero-order valence-electron chi connectivity index (χ0n) is 11.6. The summed E-state index contributed by atoms with van der Waals surface area (Å²) in [5, 5.41) is 21.3. The van der Waals surface area contributed by atoms with Crippen LogP contribution in [0.4, 0.5) is 4.39 Å². The number of rotatable bonds is 5. The van der Waals surface area contributed by atoms with Gasteiger partial charge in [0.2, 0.25) is 5.91 Å². The SMILES string of the molecule is O=C(Cc1cccc(O)c1)NC(CO)c1ccc(Cl)c(F)c1. The Balaban J connectivity index is 2.06. The van der Waals surface area contributed by atoms with E-state index in [0.717, 1.165) is 0 Å². The first kappa shape index (κ1) is 16.3. The van der Waals surface area contributed by atoms with Crippen LogP contribution in [0.2, 0.25) is 5.02 Å². The average Bonchev–Trinajstić information content (AvgIpc) is 2.48. The second kappa shape index (κ2) is 7.24. The third kappa shape index (κ3) is 4.19. The monoisotopic (exact) mass is 323 g/mol. The van der Waals surface area contributed by atoms with Crippen LogP contribution >= 0.6 is 11.6 Å². The fourth-order valence-corrected chi connectivity index (χ4v) is 2.18. The van der Waals surface area contributed by atoms with E-state index < -0.39 is 11.9 Å². The number of aliphatic hydroxyl groups excluding tert-OH is 1. The van der Waals surface area contributed by atoms with Gasteiger partial charge >= 0.3 is 0 Å². The standard InChI is InChI=1S/C16H15ClFNO3/c17-13-5-4-11(8-14(13)18)15(9-20)19-16(22)7-10-2-1-3-12(21)6-10/h1-6,8,15,20-21H,7,9H2,(H,19,22). The molecule has 0 saturated heterocycles. The Morgan fingerprint density at radius 1 is 1.27 bits per heavy atom.